The summed E-state index contributed by atoms with van der Waals surface area (Å²) < 4.78 is 1.95. The van der Waals surface area contributed by atoms with Crippen molar-refractivity contribution in [2.24, 2.45) is 17.2 Å². The molecule has 0 aliphatic heterocycles. The molecule has 0 bridgehead atoms. The molecule has 1 heterocycles. The van der Waals surface area contributed by atoms with Crippen molar-refractivity contribution < 1.29 is 0 Å². The smallest absolute Gasteiger partial charge is 0.0834 e. The molecule has 1 saturated carbocycles. The quantitative estimate of drug-likeness (QED) is 0.659. The molecule has 4 nitrogen and oxygen atoms in total. The van der Waals surface area contributed by atoms with Crippen LogP contribution in [0.3, 0.4) is 0 Å². The van der Waals surface area contributed by atoms with Crippen LogP contribution >= 0.6 is 11.6 Å². The van der Waals surface area contributed by atoms with Gasteiger partial charge in [-0.1, -0.05) is 25.4 Å². The first-order valence-electron chi connectivity index (χ1n) is 7.16. The lowest BCUT2D eigenvalue weighted by atomic mass is 9.71. The summed E-state index contributed by atoms with van der Waals surface area (Å²) in [6.07, 6.45) is 6.58. The van der Waals surface area contributed by atoms with Crippen molar-refractivity contribution in [2.75, 3.05) is 0 Å². The SMILES string of the molecule is CCn1ncc(Cl)c1C(NN)C1CCC(C)(C)CC1. The Morgan fingerprint density at radius 3 is 2.68 bits per heavy atom. The van der Waals surface area contributed by atoms with Gasteiger partial charge in [-0.05, 0) is 43.9 Å². The van der Waals surface area contributed by atoms with Crippen LogP contribution in [0.25, 0.3) is 0 Å². The number of nitrogens with two attached hydrogens (primary N) is 1. The summed E-state index contributed by atoms with van der Waals surface area (Å²) in [7, 11) is 0. The van der Waals surface area contributed by atoms with Gasteiger partial charge in [-0.15, -0.1) is 0 Å². The Kier molecular flexibility index (Phi) is 4.54. The van der Waals surface area contributed by atoms with Gasteiger partial charge in [0.15, 0.2) is 0 Å². The van der Waals surface area contributed by atoms with Crippen molar-refractivity contribution in [3.05, 3.63) is 16.9 Å². The van der Waals surface area contributed by atoms with E-state index in [1.165, 1.54) is 25.7 Å². The molecular formula is C14H25ClN4. The Bertz CT molecular complexity index is 417. The summed E-state index contributed by atoms with van der Waals surface area (Å²) in [5, 5.41) is 5.03. The van der Waals surface area contributed by atoms with Crippen molar-refractivity contribution in [3.63, 3.8) is 0 Å². The third kappa shape index (κ3) is 3.12. The van der Waals surface area contributed by atoms with Gasteiger partial charge >= 0.3 is 0 Å². The van der Waals surface area contributed by atoms with Gasteiger partial charge < -0.3 is 0 Å². The molecule has 1 fully saturated rings. The van der Waals surface area contributed by atoms with Crippen LogP contribution in [0.5, 0.6) is 0 Å². The lowest BCUT2D eigenvalue weighted by Gasteiger charge is -2.38. The number of hydrazine groups is 1. The van der Waals surface area contributed by atoms with Gasteiger partial charge in [-0.25, -0.2) is 0 Å². The summed E-state index contributed by atoms with van der Waals surface area (Å²) in [6, 6.07) is 0.103. The Morgan fingerprint density at radius 2 is 2.16 bits per heavy atom. The molecule has 1 aromatic rings. The van der Waals surface area contributed by atoms with Crippen LogP contribution < -0.4 is 11.3 Å². The van der Waals surface area contributed by atoms with E-state index < -0.39 is 0 Å². The van der Waals surface area contributed by atoms with Crippen molar-refractivity contribution in [2.45, 2.75) is 59.0 Å². The number of nitrogens with zero attached hydrogens (tertiary/aromatic N) is 2. The maximum atomic E-state index is 6.29. The van der Waals surface area contributed by atoms with E-state index in [-0.39, 0.29) is 6.04 Å². The highest BCUT2D eigenvalue weighted by atomic mass is 35.5. The minimum absolute atomic E-state index is 0.103. The molecule has 5 heteroatoms. The normalized spacial score (nSPS) is 21.5. The van der Waals surface area contributed by atoms with E-state index in [1.54, 1.807) is 6.20 Å². The van der Waals surface area contributed by atoms with Gasteiger partial charge in [0.05, 0.1) is 23.0 Å². The summed E-state index contributed by atoms with van der Waals surface area (Å²) >= 11 is 6.29. The van der Waals surface area contributed by atoms with E-state index >= 15 is 0 Å². The molecule has 1 unspecified atom stereocenters. The molecular weight excluding hydrogens is 260 g/mol. The number of aromatic nitrogens is 2. The second-order valence-corrected chi connectivity index (χ2v) is 6.75. The van der Waals surface area contributed by atoms with Crippen molar-refractivity contribution in [1.82, 2.24) is 15.2 Å². The lowest BCUT2D eigenvalue weighted by molar-refractivity contribution is 0.158. The Balaban J connectivity index is 2.18. The van der Waals surface area contributed by atoms with Gasteiger partial charge in [-0.2, -0.15) is 5.10 Å². The van der Waals surface area contributed by atoms with Crippen LogP contribution in [-0.4, -0.2) is 9.78 Å². The maximum absolute atomic E-state index is 6.29. The van der Waals surface area contributed by atoms with Crippen LogP contribution in [0.4, 0.5) is 0 Å². The standard InChI is InChI=1S/C14H25ClN4/c1-4-19-13(11(15)9-17-19)12(18-16)10-5-7-14(2,3)8-6-10/h9-10,12,18H,4-8,16H2,1-3H3. The van der Waals surface area contributed by atoms with Crippen molar-refractivity contribution >= 4 is 11.6 Å². The molecule has 1 aromatic heterocycles. The van der Waals surface area contributed by atoms with E-state index in [4.69, 9.17) is 17.4 Å². The molecule has 0 amide bonds. The van der Waals surface area contributed by atoms with Gasteiger partial charge in [0.25, 0.3) is 0 Å². The highest BCUT2D eigenvalue weighted by molar-refractivity contribution is 6.31. The van der Waals surface area contributed by atoms with E-state index in [9.17, 15) is 0 Å². The highest BCUT2D eigenvalue weighted by Gasteiger charge is 2.33. The number of hydrogen-bond donors (Lipinski definition) is 2. The zero-order chi connectivity index (χ0) is 14.0. The van der Waals surface area contributed by atoms with Crippen LogP contribution in [0, 0.1) is 11.3 Å². The van der Waals surface area contributed by atoms with Gasteiger partial charge in [-0.3, -0.25) is 16.0 Å². The predicted octanol–water partition coefficient (Wildman–Crippen LogP) is 3.28. The van der Waals surface area contributed by atoms with Crippen LogP contribution in [-0.2, 0) is 6.54 Å². The summed E-state index contributed by atoms with van der Waals surface area (Å²) in [5.74, 6) is 6.34. The number of hydrogen-bond acceptors (Lipinski definition) is 3. The van der Waals surface area contributed by atoms with Gasteiger partial charge in [0.1, 0.15) is 0 Å². The second kappa shape index (κ2) is 5.81. The highest BCUT2D eigenvalue weighted by Crippen LogP contribution is 2.43. The first-order valence-corrected chi connectivity index (χ1v) is 7.53. The molecule has 19 heavy (non-hydrogen) atoms. The summed E-state index contributed by atoms with van der Waals surface area (Å²) in [5.41, 5.74) is 4.47. The fourth-order valence-electron chi connectivity index (χ4n) is 3.13. The predicted molar refractivity (Wildman–Crippen MR) is 78.7 cm³/mol. The fourth-order valence-corrected chi connectivity index (χ4v) is 3.39. The molecule has 108 valence electrons. The monoisotopic (exact) mass is 284 g/mol. The number of rotatable bonds is 4. The first-order chi connectivity index (χ1) is 8.98. The van der Waals surface area contributed by atoms with E-state index in [1.807, 2.05) is 4.68 Å². The van der Waals surface area contributed by atoms with Crippen molar-refractivity contribution in [1.29, 1.82) is 0 Å². The van der Waals surface area contributed by atoms with Crippen LogP contribution in [0.1, 0.15) is 58.2 Å². The average Bonchev–Trinajstić information content (AvgIpc) is 2.74. The first kappa shape index (κ1) is 14.8. The van der Waals surface area contributed by atoms with E-state index in [0.717, 1.165) is 17.3 Å². The van der Waals surface area contributed by atoms with Gasteiger partial charge in [0, 0.05) is 6.54 Å². The molecule has 1 aliphatic rings. The Hall–Kier alpha value is -0.580. The average molecular weight is 285 g/mol. The zero-order valence-electron chi connectivity index (χ0n) is 12.1. The minimum atomic E-state index is 0.103. The molecule has 0 spiro atoms. The third-order valence-electron chi connectivity index (χ3n) is 4.46. The molecule has 3 N–H and O–H groups in total. The number of halogens is 1. The van der Waals surface area contributed by atoms with Crippen LogP contribution in [0.2, 0.25) is 5.02 Å². The summed E-state index contributed by atoms with van der Waals surface area (Å²) in [6.45, 7) is 7.58. The molecule has 1 aliphatic carbocycles. The Morgan fingerprint density at radius 1 is 1.53 bits per heavy atom. The second-order valence-electron chi connectivity index (χ2n) is 6.34. The number of nitrogens with one attached hydrogen (secondary N) is 1. The molecule has 1 atom stereocenters. The minimum Gasteiger partial charge on any atom is -0.271 e. The van der Waals surface area contributed by atoms with Crippen molar-refractivity contribution in [3.8, 4) is 0 Å². The lowest BCUT2D eigenvalue weighted by Crippen LogP contribution is -2.38. The molecule has 0 radical (unpaired) electrons. The topological polar surface area (TPSA) is 55.9 Å². The third-order valence-corrected chi connectivity index (χ3v) is 4.75. The van der Waals surface area contributed by atoms with E-state index in [2.05, 4.69) is 31.3 Å². The van der Waals surface area contributed by atoms with Gasteiger partial charge in [0.2, 0.25) is 0 Å². The number of aryl methyl sites for hydroxylation is 1. The molecule has 0 saturated heterocycles. The molecule has 0 aromatic carbocycles. The van der Waals surface area contributed by atoms with Crippen LogP contribution in [0.15, 0.2) is 6.20 Å². The van der Waals surface area contributed by atoms with E-state index in [0.29, 0.717) is 11.3 Å². The maximum Gasteiger partial charge on any atom is 0.0834 e. The Labute approximate surface area is 120 Å². The zero-order valence-corrected chi connectivity index (χ0v) is 12.9. The molecule has 2 rings (SSSR count). The largest absolute Gasteiger partial charge is 0.271 e. The summed E-state index contributed by atoms with van der Waals surface area (Å²) in [4.78, 5) is 0. The fraction of sp³-hybridized carbons (Fsp3) is 0.786.